The molecule has 0 bridgehead atoms. The smallest absolute Gasteiger partial charge is 0.254 e. The molecule has 1 unspecified atom stereocenters. The fourth-order valence-electron chi connectivity index (χ4n) is 2.78. The Labute approximate surface area is 144 Å². The summed E-state index contributed by atoms with van der Waals surface area (Å²) in [5.41, 5.74) is 7.20. The van der Waals surface area contributed by atoms with Crippen molar-refractivity contribution in [2.75, 3.05) is 19.3 Å². The van der Waals surface area contributed by atoms with E-state index in [1.54, 1.807) is 11.0 Å². The summed E-state index contributed by atoms with van der Waals surface area (Å²) >= 11 is 0. The van der Waals surface area contributed by atoms with Crippen molar-refractivity contribution in [2.45, 2.75) is 38.1 Å². The molecule has 1 aliphatic rings. The highest BCUT2D eigenvalue weighted by Gasteiger charge is 2.36. The van der Waals surface area contributed by atoms with Crippen LogP contribution >= 0.6 is 12.4 Å². The summed E-state index contributed by atoms with van der Waals surface area (Å²) in [7, 11) is -3.33. The van der Waals surface area contributed by atoms with Gasteiger partial charge < -0.3 is 10.6 Å². The van der Waals surface area contributed by atoms with Crippen molar-refractivity contribution in [2.24, 2.45) is 11.1 Å². The average molecular weight is 361 g/mol. The number of carbonyl (C=O) groups is 1. The summed E-state index contributed by atoms with van der Waals surface area (Å²) in [5, 5.41) is 0. The van der Waals surface area contributed by atoms with Crippen LogP contribution in [0.4, 0.5) is 0 Å². The van der Waals surface area contributed by atoms with Crippen LogP contribution in [0.2, 0.25) is 0 Å². The van der Waals surface area contributed by atoms with E-state index in [2.05, 4.69) is 13.8 Å². The molecule has 1 amide bonds. The lowest BCUT2D eigenvalue weighted by atomic mass is 9.79. The average Bonchev–Trinajstić information content (AvgIpc) is 2.40. The number of nitrogens with two attached hydrogens (primary N) is 1. The minimum absolute atomic E-state index is 0. The maximum absolute atomic E-state index is 12.8. The minimum atomic E-state index is -3.33. The number of carbonyl (C=O) groups excluding carboxylic acids is 1. The minimum Gasteiger partial charge on any atom is -0.338 e. The van der Waals surface area contributed by atoms with Gasteiger partial charge in [0.25, 0.3) is 5.91 Å². The molecule has 0 aromatic heterocycles. The molecule has 5 nitrogen and oxygen atoms in total. The highest BCUT2D eigenvalue weighted by Crippen LogP contribution is 2.29. The third-order valence-corrected chi connectivity index (χ3v) is 5.58. The van der Waals surface area contributed by atoms with Crippen molar-refractivity contribution in [3.8, 4) is 0 Å². The molecule has 1 heterocycles. The summed E-state index contributed by atoms with van der Waals surface area (Å²) in [4.78, 5) is 14.7. The Morgan fingerprint density at radius 3 is 2.48 bits per heavy atom. The summed E-state index contributed by atoms with van der Waals surface area (Å²) in [6.07, 6.45) is 1.90. The van der Waals surface area contributed by atoms with Crippen molar-refractivity contribution in [3.63, 3.8) is 0 Å². The Morgan fingerprint density at radius 2 is 1.96 bits per heavy atom. The molecule has 1 aliphatic heterocycles. The highest BCUT2D eigenvalue weighted by molar-refractivity contribution is 7.90. The molecule has 23 heavy (non-hydrogen) atoms. The van der Waals surface area contributed by atoms with Crippen LogP contribution in [-0.4, -0.2) is 44.6 Å². The predicted molar refractivity (Wildman–Crippen MR) is 93.8 cm³/mol. The van der Waals surface area contributed by atoms with Gasteiger partial charge in [-0.05, 0) is 36.5 Å². The largest absolute Gasteiger partial charge is 0.338 e. The molecule has 0 aliphatic carbocycles. The van der Waals surface area contributed by atoms with Gasteiger partial charge in [-0.1, -0.05) is 19.9 Å². The van der Waals surface area contributed by atoms with Crippen molar-refractivity contribution >= 4 is 28.2 Å². The Morgan fingerprint density at radius 1 is 1.35 bits per heavy atom. The van der Waals surface area contributed by atoms with Gasteiger partial charge in [-0.2, -0.15) is 0 Å². The van der Waals surface area contributed by atoms with Gasteiger partial charge in [0, 0.05) is 31.0 Å². The maximum atomic E-state index is 12.8. The van der Waals surface area contributed by atoms with Crippen LogP contribution in [0, 0.1) is 12.3 Å². The topological polar surface area (TPSA) is 80.5 Å². The molecule has 1 fully saturated rings. The molecule has 0 spiro atoms. The number of benzene rings is 1. The lowest BCUT2D eigenvalue weighted by Crippen LogP contribution is -2.54. The zero-order valence-electron chi connectivity index (χ0n) is 14.0. The molecule has 1 atom stereocenters. The molecular weight excluding hydrogens is 336 g/mol. The number of aryl methyl sites for hydroxylation is 1. The molecule has 2 N–H and O–H groups in total. The second kappa shape index (κ2) is 6.79. The molecular formula is C16H25ClN2O3S. The molecule has 1 aromatic carbocycles. The molecule has 0 saturated carbocycles. The first-order chi connectivity index (χ1) is 10.0. The van der Waals surface area contributed by atoms with Crippen molar-refractivity contribution in [3.05, 3.63) is 29.3 Å². The first kappa shape index (κ1) is 19.9. The number of piperidine rings is 1. The number of sulfone groups is 1. The normalized spacial score (nSPS) is 20.7. The quantitative estimate of drug-likeness (QED) is 0.874. The number of hydrogen-bond donors (Lipinski definition) is 1. The summed E-state index contributed by atoms with van der Waals surface area (Å²) in [6, 6.07) is 4.77. The van der Waals surface area contributed by atoms with Gasteiger partial charge in [-0.3, -0.25) is 4.79 Å². The molecule has 1 aromatic rings. The number of amides is 1. The van der Waals surface area contributed by atoms with Gasteiger partial charge >= 0.3 is 0 Å². The molecule has 2 rings (SSSR count). The van der Waals surface area contributed by atoms with E-state index in [1.807, 2.05) is 6.92 Å². The third kappa shape index (κ3) is 4.25. The van der Waals surface area contributed by atoms with Crippen LogP contribution in [0.5, 0.6) is 0 Å². The van der Waals surface area contributed by atoms with Crippen LogP contribution < -0.4 is 5.73 Å². The first-order valence-corrected chi connectivity index (χ1v) is 9.27. The van der Waals surface area contributed by atoms with Crippen LogP contribution in [0.15, 0.2) is 23.1 Å². The SMILES string of the molecule is Cc1ccc(S(C)(=O)=O)cc1C(=O)N1CCC(N)C(C)(C)C1.Cl. The van der Waals surface area contributed by atoms with Gasteiger partial charge in [-0.25, -0.2) is 8.42 Å². The summed E-state index contributed by atoms with van der Waals surface area (Å²) < 4.78 is 23.4. The number of rotatable bonds is 2. The van der Waals surface area contributed by atoms with E-state index in [4.69, 9.17) is 5.73 Å². The Balaban J connectivity index is 0.00000264. The molecule has 0 radical (unpaired) electrons. The van der Waals surface area contributed by atoms with Gasteiger partial charge in [0.15, 0.2) is 9.84 Å². The van der Waals surface area contributed by atoms with E-state index in [0.717, 1.165) is 18.2 Å². The van der Waals surface area contributed by atoms with E-state index in [9.17, 15) is 13.2 Å². The van der Waals surface area contributed by atoms with Crippen LogP contribution in [0.3, 0.4) is 0 Å². The van der Waals surface area contributed by atoms with E-state index in [0.29, 0.717) is 18.7 Å². The van der Waals surface area contributed by atoms with Crippen LogP contribution in [0.1, 0.15) is 36.2 Å². The zero-order chi connectivity index (χ0) is 16.7. The van der Waals surface area contributed by atoms with Crippen molar-refractivity contribution in [1.82, 2.24) is 4.90 Å². The fourth-order valence-corrected chi connectivity index (χ4v) is 3.43. The highest BCUT2D eigenvalue weighted by atomic mass is 35.5. The van der Waals surface area contributed by atoms with Gasteiger partial charge in [0.1, 0.15) is 0 Å². The van der Waals surface area contributed by atoms with E-state index in [1.165, 1.54) is 12.1 Å². The van der Waals surface area contributed by atoms with Crippen LogP contribution in [0.25, 0.3) is 0 Å². The van der Waals surface area contributed by atoms with Crippen molar-refractivity contribution in [1.29, 1.82) is 0 Å². The van der Waals surface area contributed by atoms with Gasteiger partial charge in [0.2, 0.25) is 0 Å². The second-order valence-corrected chi connectivity index (χ2v) is 8.88. The van der Waals surface area contributed by atoms with Gasteiger partial charge in [0.05, 0.1) is 4.90 Å². The van der Waals surface area contributed by atoms with Crippen LogP contribution in [-0.2, 0) is 9.84 Å². The fraction of sp³-hybridized carbons (Fsp3) is 0.562. The molecule has 1 saturated heterocycles. The predicted octanol–water partition coefficient (Wildman–Crippen LogP) is 2.02. The molecule has 130 valence electrons. The molecule has 7 heteroatoms. The standard InChI is InChI=1S/C16H24N2O3S.ClH/c1-11-5-6-12(22(4,20)21)9-13(11)15(19)18-8-7-14(17)16(2,3)10-18;/h5-6,9,14H,7-8,10,17H2,1-4H3;1H. The van der Waals surface area contributed by atoms with E-state index >= 15 is 0 Å². The number of likely N-dealkylation sites (tertiary alicyclic amines) is 1. The second-order valence-electron chi connectivity index (χ2n) is 6.86. The Bertz CT molecular complexity index is 701. The lowest BCUT2D eigenvalue weighted by Gasteiger charge is -2.42. The van der Waals surface area contributed by atoms with E-state index < -0.39 is 9.84 Å². The Hall–Kier alpha value is -1.11. The number of nitrogens with zero attached hydrogens (tertiary/aromatic N) is 1. The van der Waals surface area contributed by atoms with E-state index in [-0.39, 0.29) is 34.7 Å². The number of hydrogen-bond acceptors (Lipinski definition) is 4. The monoisotopic (exact) mass is 360 g/mol. The zero-order valence-corrected chi connectivity index (χ0v) is 15.6. The first-order valence-electron chi connectivity index (χ1n) is 7.38. The number of halogens is 1. The third-order valence-electron chi connectivity index (χ3n) is 4.47. The van der Waals surface area contributed by atoms with Gasteiger partial charge in [-0.15, -0.1) is 12.4 Å². The lowest BCUT2D eigenvalue weighted by molar-refractivity contribution is 0.0532. The van der Waals surface area contributed by atoms with Crippen molar-refractivity contribution < 1.29 is 13.2 Å². The summed E-state index contributed by atoms with van der Waals surface area (Å²) in [6.45, 7) is 7.11. The summed E-state index contributed by atoms with van der Waals surface area (Å²) in [5.74, 6) is -0.122. The maximum Gasteiger partial charge on any atom is 0.254 e. The Kier molecular flexibility index (Phi) is 5.88.